The van der Waals surface area contributed by atoms with E-state index in [1.165, 1.54) is 5.01 Å². The maximum atomic E-state index is 13.4. The molecule has 0 radical (unpaired) electrons. The van der Waals surface area contributed by atoms with Crippen LogP contribution in [0.2, 0.25) is 5.02 Å². The highest BCUT2D eigenvalue weighted by Crippen LogP contribution is 2.30. The molecule has 0 bridgehead atoms. The number of carbonyl (C=O) groups excluding carboxylic acids is 1. The van der Waals surface area contributed by atoms with E-state index < -0.39 is 0 Å². The molecule has 0 atom stereocenters. The lowest BCUT2D eigenvalue weighted by Gasteiger charge is -2.11. The molecule has 1 aliphatic heterocycles. The largest absolute Gasteiger partial charge is 0.489 e. The summed E-state index contributed by atoms with van der Waals surface area (Å²) in [6.45, 7) is 2.29. The molecule has 0 spiro atoms. The van der Waals surface area contributed by atoms with Crippen molar-refractivity contribution in [2.24, 2.45) is 5.10 Å². The van der Waals surface area contributed by atoms with Crippen LogP contribution in [0, 0.1) is 0 Å². The molecule has 1 aliphatic rings. The number of nitrogens with zero attached hydrogens (tertiary/aromatic N) is 4. The van der Waals surface area contributed by atoms with Crippen molar-refractivity contribution in [3.8, 4) is 22.7 Å². The number of hydrogen-bond acceptors (Lipinski definition) is 4. The Bertz CT molecular complexity index is 1710. The van der Waals surface area contributed by atoms with Crippen LogP contribution in [0.4, 0.5) is 5.69 Å². The van der Waals surface area contributed by atoms with Crippen molar-refractivity contribution in [1.82, 2.24) is 9.78 Å². The first-order valence-electron chi connectivity index (χ1n) is 12.8. The maximum absolute atomic E-state index is 13.4. The van der Waals surface area contributed by atoms with Crippen molar-refractivity contribution in [3.63, 3.8) is 0 Å². The Morgan fingerprint density at radius 1 is 0.825 bits per heavy atom. The zero-order valence-corrected chi connectivity index (χ0v) is 22.5. The van der Waals surface area contributed by atoms with E-state index in [9.17, 15) is 4.79 Å². The quantitative estimate of drug-likeness (QED) is 0.198. The van der Waals surface area contributed by atoms with E-state index >= 15 is 0 Å². The Morgan fingerprint density at radius 3 is 2.15 bits per heavy atom. The minimum absolute atomic E-state index is 0.173. The minimum Gasteiger partial charge on any atom is -0.489 e. The summed E-state index contributed by atoms with van der Waals surface area (Å²) in [6, 6.07) is 34.7. The number of benzene rings is 4. The number of anilines is 1. The average molecular weight is 545 g/mol. The fraction of sp³-hybridized carbons (Fsp3) is 0.0606. The maximum Gasteiger partial charge on any atom is 0.280 e. The number of amides is 1. The molecule has 6 nitrogen and oxygen atoms in total. The first kappa shape index (κ1) is 25.3. The van der Waals surface area contributed by atoms with Gasteiger partial charge in [0.05, 0.1) is 28.4 Å². The molecule has 0 unspecified atom stereocenters. The number of para-hydroxylation sites is 2. The molecule has 40 heavy (non-hydrogen) atoms. The summed E-state index contributed by atoms with van der Waals surface area (Å²) < 4.78 is 7.80. The summed E-state index contributed by atoms with van der Waals surface area (Å²) in [7, 11) is 0. The van der Waals surface area contributed by atoms with E-state index in [-0.39, 0.29) is 5.91 Å². The molecule has 6 rings (SSSR count). The Kier molecular flexibility index (Phi) is 7.00. The Labute approximate surface area is 237 Å². The van der Waals surface area contributed by atoms with Crippen LogP contribution in [0.1, 0.15) is 18.1 Å². The van der Waals surface area contributed by atoms with Gasteiger partial charge in [-0.3, -0.25) is 4.79 Å². The molecule has 0 N–H and O–H groups in total. The number of hydrazone groups is 1. The number of aromatic nitrogens is 2. The van der Waals surface area contributed by atoms with Gasteiger partial charge in [0, 0.05) is 22.3 Å². The van der Waals surface area contributed by atoms with Crippen LogP contribution in [0.5, 0.6) is 5.75 Å². The van der Waals surface area contributed by atoms with E-state index in [1.807, 2.05) is 133 Å². The van der Waals surface area contributed by atoms with Crippen LogP contribution in [-0.4, -0.2) is 21.4 Å². The normalized spacial score (nSPS) is 14.1. The topological polar surface area (TPSA) is 59.7 Å². The molecule has 0 aliphatic carbocycles. The summed E-state index contributed by atoms with van der Waals surface area (Å²) >= 11 is 5.98. The third-order valence-corrected chi connectivity index (χ3v) is 6.82. The van der Waals surface area contributed by atoms with Gasteiger partial charge in [-0.05, 0) is 79.2 Å². The molecule has 196 valence electrons. The van der Waals surface area contributed by atoms with Gasteiger partial charge < -0.3 is 4.74 Å². The summed E-state index contributed by atoms with van der Waals surface area (Å²) in [4.78, 5) is 13.4. The van der Waals surface area contributed by atoms with Crippen molar-refractivity contribution in [2.45, 2.75) is 13.5 Å². The molecule has 7 heteroatoms. The predicted octanol–water partition coefficient (Wildman–Crippen LogP) is 7.58. The van der Waals surface area contributed by atoms with E-state index in [1.54, 1.807) is 0 Å². The fourth-order valence-corrected chi connectivity index (χ4v) is 4.60. The molecule has 0 fully saturated rings. The second kappa shape index (κ2) is 11.0. The summed E-state index contributed by atoms with van der Waals surface area (Å²) in [5.41, 5.74) is 6.33. The molecular weight excluding hydrogens is 520 g/mol. The van der Waals surface area contributed by atoms with Gasteiger partial charge in [-0.15, -0.1) is 0 Å². The van der Waals surface area contributed by atoms with Crippen LogP contribution in [0.3, 0.4) is 0 Å². The monoisotopic (exact) mass is 544 g/mol. The lowest BCUT2D eigenvalue weighted by molar-refractivity contribution is -0.114. The summed E-state index contributed by atoms with van der Waals surface area (Å²) in [5, 5.41) is 11.6. The zero-order chi connectivity index (χ0) is 27.5. The zero-order valence-electron chi connectivity index (χ0n) is 21.7. The molecular formula is C33H25ClN4O2. The van der Waals surface area contributed by atoms with E-state index in [0.29, 0.717) is 22.9 Å². The van der Waals surface area contributed by atoms with Crippen molar-refractivity contribution >= 4 is 35.0 Å². The molecule has 5 aromatic rings. The molecule has 1 aromatic heterocycles. The highest BCUT2D eigenvalue weighted by Gasteiger charge is 2.29. The van der Waals surface area contributed by atoms with Gasteiger partial charge in [0.1, 0.15) is 12.4 Å². The van der Waals surface area contributed by atoms with Gasteiger partial charge in [-0.1, -0.05) is 60.1 Å². The van der Waals surface area contributed by atoms with Gasteiger partial charge in [0.15, 0.2) is 0 Å². The Morgan fingerprint density at radius 2 is 1.48 bits per heavy atom. The van der Waals surface area contributed by atoms with Crippen molar-refractivity contribution in [1.29, 1.82) is 0 Å². The van der Waals surface area contributed by atoms with Crippen LogP contribution in [0.15, 0.2) is 126 Å². The van der Waals surface area contributed by atoms with Gasteiger partial charge >= 0.3 is 0 Å². The fourth-order valence-electron chi connectivity index (χ4n) is 4.47. The molecule has 4 aromatic carbocycles. The van der Waals surface area contributed by atoms with Gasteiger partial charge in [0.25, 0.3) is 5.91 Å². The standard InChI is InChI=1S/C33H25ClN4O2/c1-23-31(33(39)38(35-23)29-10-6-3-7-11-29)20-26-21-37(28-8-4-2-5-9-28)36-32(26)25-14-18-30(19-15-25)40-22-24-12-16-27(34)17-13-24/h2-21H,22H2,1H3. The number of hydrogen-bond donors (Lipinski definition) is 0. The van der Waals surface area contributed by atoms with Gasteiger partial charge in [-0.2, -0.15) is 15.2 Å². The SMILES string of the molecule is CC1=NN(c2ccccc2)C(=O)C1=Cc1cn(-c2ccccc2)nc1-c1ccc(OCc2ccc(Cl)cc2)cc1. The van der Waals surface area contributed by atoms with Crippen molar-refractivity contribution < 1.29 is 9.53 Å². The smallest absolute Gasteiger partial charge is 0.280 e. The van der Waals surface area contributed by atoms with Gasteiger partial charge in [-0.25, -0.2) is 4.68 Å². The first-order chi connectivity index (χ1) is 19.5. The molecule has 0 saturated heterocycles. The highest BCUT2D eigenvalue weighted by atomic mass is 35.5. The molecule has 0 saturated carbocycles. The number of carbonyl (C=O) groups is 1. The van der Waals surface area contributed by atoms with Gasteiger partial charge in [0.2, 0.25) is 0 Å². The minimum atomic E-state index is -0.173. The van der Waals surface area contributed by atoms with Crippen LogP contribution >= 0.6 is 11.6 Å². The Hall–Kier alpha value is -4.94. The van der Waals surface area contributed by atoms with E-state index in [4.69, 9.17) is 21.4 Å². The third kappa shape index (κ3) is 5.30. The summed E-state index contributed by atoms with van der Waals surface area (Å²) in [6.07, 6.45) is 3.81. The molecule has 2 heterocycles. The number of ether oxygens (including phenoxy) is 1. The van der Waals surface area contributed by atoms with Crippen LogP contribution < -0.4 is 9.75 Å². The first-order valence-corrected chi connectivity index (χ1v) is 13.2. The molecule has 1 amide bonds. The number of halogens is 1. The number of rotatable bonds is 7. The summed E-state index contributed by atoms with van der Waals surface area (Å²) in [5.74, 6) is 0.571. The van der Waals surface area contributed by atoms with Crippen molar-refractivity contribution in [2.75, 3.05) is 5.01 Å². The average Bonchev–Trinajstić information content (AvgIpc) is 3.55. The predicted molar refractivity (Wildman–Crippen MR) is 160 cm³/mol. The van der Waals surface area contributed by atoms with E-state index in [2.05, 4.69) is 5.10 Å². The second-order valence-corrected chi connectivity index (χ2v) is 9.79. The van der Waals surface area contributed by atoms with E-state index in [0.717, 1.165) is 39.5 Å². The van der Waals surface area contributed by atoms with Crippen LogP contribution in [0.25, 0.3) is 23.0 Å². The van der Waals surface area contributed by atoms with Crippen LogP contribution in [-0.2, 0) is 11.4 Å². The van der Waals surface area contributed by atoms with Crippen molar-refractivity contribution in [3.05, 3.63) is 137 Å². The lowest BCUT2D eigenvalue weighted by atomic mass is 10.0. The Balaban J connectivity index is 1.32. The lowest BCUT2D eigenvalue weighted by Crippen LogP contribution is -2.21. The second-order valence-electron chi connectivity index (χ2n) is 9.35. The highest BCUT2D eigenvalue weighted by molar-refractivity contribution is 6.32. The third-order valence-electron chi connectivity index (χ3n) is 6.57.